The number of ether oxygens (including phenoxy) is 4. The minimum Gasteiger partial charge on any atom is -0.491 e. The van der Waals surface area contributed by atoms with Gasteiger partial charge in [0.25, 0.3) is 0 Å². The molecule has 1 heterocycles. The molecule has 116 valence electrons. The Kier molecular flexibility index (Phi) is 4.75. The quantitative estimate of drug-likeness (QED) is 0.838. The van der Waals surface area contributed by atoms with E-state index in [4.69, 9.17) is 18.9 Å². The maximum atomic E-state index is 10.1. The first kappa shape index (κ1) is 14.8. The number of aliphatic hydroxyl groups is 1. The number of hydrogen-bond acceptors (Lipinski definition) is 5. The van der Waals surface area contributed by atoms with Gasteiger partial charge in [0.15, 0.2) is 5.79 Å². The largest absolute Gasteiger partial charge is 0.491 e. The molecule has 1 aromatic rings. The van der Waals surface area contributed by atoms with Crippen LogP contribution in [0.15, 0.2) is 30.3 Å². The van der Waals surface area contributed by atoms with Crippen molar-refractivity contribution in [3.8, 4) is 5.75 Å². The fourth-order valence-corrected chi connectivity index (χ4v) is 2.90. The van der Waals surface area contributed by atoms with E-state index in [9.17, 15) is 5.11 Å². The second kappa shape index (κ2) is 6.75. The van der Waals surface area contributed by atoms with Gasteiger partial charge in [0.05, 0.1) is 32.0 Å². The van der Waals surface area contributed by atoms with Crippen molar-refractivity contribution in [1.29, 1.82) is 0 Å². The van der Waals surface area contributed by atoms with E-state index in [1.165, 1.54) is 0 Å². The molecule has 0 radical (unpaired) electrons. The molecule has 3 rings (SSSR count). The highest BCUT2D eigenvalue weighted by Crippen LogP contribution is 2.37. The predicted molar refractivity (Wildman–Crippen MR) is 76.2 cm³/mol. The first-order chi connectivity index (χ1) is 10.3. The van der Waals surface area contributed by atoms with Crippen LogP contribution < -0.4 is 4.74 Å². The third-order valence-corrected chi connectivity index (χ3v) is 4.00. The summed E-state index contributed by atoms with van der Waals surface area (Å²) >= 11 is 0. The van der Waals surface area contributed by atoms with Gasteiger partial charge in [-0.3, -0.25) is 0 Å². The lowest BCUT2D eigenvalue weighted by Gasteiger charge is -2.38. The second-order valence-electron chi connectivity index (χ2n) is 5.49. The molecule has 2 fully saturated rings. The van der Waals surface area contributed by atoms with Crippen molar-refractivity contribution in [2.45, 2.75) is 37.3 Å². The standard InChI is InChI=1S/C16H22O5/c17-14-6-7-16(20-10-11-21-16)12-15(14)19-9-8-18-13-4-2-1-3-5-13/h1-5,14-15,17H,6-12H2. The predicted octanol–water partition coefficient (Wildman–Crippen LogP) is 1.74. The van der Waals surface area contributed by atoms with E-state index in [1.807, 2.05) is 30.3 Å². The van der Waals surface area contributed by atoms with E-state index >= 15 is 0 Å². The van der Waals surface area contributed by atoms with E-state index in [1.54, 1.807) is 0 Å². The molecule has 0 bridgehead atoms. The Labute approximate surface area is 124 Å². The molecule has 1 saturated heterocycles. The van der Waals surface area contributed by atoms with Crippen molar-refractivity contribution in [2.75, 3.05) is 26.4 Å². The number of aliphatic hydroxyl groups excluding tert-OH is 1. The molecule has 0 aromatic heterocycles. The van der Waals surface area contributed by atoms with Crippen molar-refractivity contribution in [3.63, 3.8) is 0 Å². The van der Waals surface area contributed by atoms with E-state index in [-0.39, 0.29) is 6.10 Å². The highest BCUT2D eigenvalue weighted by atomic mass is 16.7. The molecule has 2 atom stereocenters. The van der Waals surface area contributed by atoms with Gasteiger partial charge < -0.3 is 24.1 Å². The zero-order chi connectivity index (χ0) is 14.5. The van der Waals surface area contributed by atoms with Gasteiger partial charge in [-0.1, -0.05) is 18.2 Å². The van der Waals surface area contributed by atoms with Gasteiger partial charge in [-0.15, -0.1) is 0 Å². The van der Waals surface area contributed by atoms with Crippen LogP contribution in [-0.2, 0) is 14.2 Å². The Bertz CT molecular complexity index is 430. The molecule has 2 unspecified atom stereocenters. The monoisotopic (exact) mass is 294 g/mol. The van der Waals surface area contributed by atoms with E-state index in [0.717, 1.165) is 12.2 Å². The second-order valence-corrected chi connectivity index (χ2v) is 5.49. The van der Waals surface area contributed by atoms with Crippen molar-refractivity contribution in [1.82, 2.24) is 0 Å². The average Bonchev–Trinajstić information content (AvgIpc) is 2.97. The zero-order valence-electron chi connectivity index (χ0n) is 12.1. The van der Waals surface area contributed by atoms with Gasteiger partial charge in [-0.05, 0) is 18.6 Å². The zero-order valence-corrected chi connectivity index (χ0v) is 12.1. The maximum absolute atomic E-state index is 10.1. The van der Waals surface area contributed by atoms with Crippen LogP contribution in [0.4, 0.5) is 0 Å². The summed E-state index contributed by atoms with van der Waals surface area (Å²) in [6, 6.07) is 9.62. The molecular weight excluding hydrogens is 272 g/mol. The van der Waals surface area contributed by atoms with Crippen LogP contribution in [0, 0.1) is 0 Å². The van der Waals surface area contributed by atoms with Crippen molar-refractivity contribution >= 4 is 0 Å². The highest BCUT2D eigenvalue weighted by molar-refractivity contribution is 5.20. The van der Waals surface area contributed by atoms with E-state index in [0.29, 0.717) is 39.3 Å². The van der Waals surface area contributed by atoms with Crippen LogP contribution >= 0.6 is 0 Å². The van der Waals surface area contributed by atoms with Gasteiger partial charge >= 0.3 is 0 Å². The Morgan fingerprint density at radius 1 is 1.14 bits per heavy atom. The summed E-state index contributed by atoms with van der Waals surface area (Å²) < 4.78 is 22.7. The summed E-state index contributed by atoms with van der Waals surface area (Å²) in [5.41, 5.74) is 0. The Morgan fingerprint density at radius 3 is 2.67 bits per heavy atom. The fraction of sp³-hybridized carbons (Fsp3) is 0.625. The number of hydrogen-bond donors (Lipinski definition) is 1. The number of para-hydroxylation sites is 1. The first-order valence-electron chi connectivity index (χ1n) is 7.53. The molecule has 1 aromatic carbocycles. The summed E-state index contributed by atoms with van der Waals surface area (Å²) in [5, 5.41) is 10.1. The van der Waals surface area contributed by atoms with Gasteiger partial charge in [-0.25, -0.2) is 0 Å². The van der Waals surface area contributed by atoms with Gasteiger partial charge in [0.1, 0.15) is 12.4 Å². The minimum atomic E-state index is -0.538. The number of rotatable bonds is 5. The van der Waals surface area contributed by atoms with Crippen molar-refractivity contribution in [2.24, 2.45) is 0 Å². The lowest BCUT2D eigenvalue weighted by atomic mass is 9.89. The summed E-state index contributed by atoms with van der Waals surface area (Å²) in [6.07, 6.45) is 1.24. The van der Waals surface area contributed by atoms with Crippen LogP contribution in [0.25, 0.3) is 0 Å². The van der Waals surface area contributed by atoms with Crippen LogP contribution in [0.1, 0.15) is 19.3 Å². The van der Waals surface area contributed by atoms with Crippen LogP contribution in [0.2, 0.25) is 0 Å². The lowest BCUT2D eigenvalue weighted by Crippen LogP contribution is -2.46. The molecule has 0 amide bonds. The Morgan fingerprint density at radius 2 is 1.90 bits per heavy atom. The Balaban J connectivity index is 1.43. The van der Waals surface area contributed by atoms with Crippen LogP contribution in [0.5, 0.6) is 5.75 Å². The SMILES string of the molecule is OC1CCC2(CC1OCCOc1ccccc1)OCCO2. The van der Waals surface area contributed by atoms with Gasteiger partial charge in [0.2, 0.25) is 0 Å². The molecular formula is C16H22O5. The third-order valence-electron chi connectivity index (χ3n) is 4.00. The lowest BCUT2D eigenvalue weighted by molar-refractivity contribution is -0.222. The topological polar surface area (TPSA) is 57.2 Å². The molecule has 1 saturated carbocycles. The summed E-state index contributed by atoms with van der Waals surface area (Å²) in [7, 11) is 0. The van der Waals surface area contributed by atoms with Gasteiger partial charge in [-0.2, -0.15) is 0 Å². The molecule has 5 heteroatoms. The van der Waals surface area contributed by atoms with Gasteiger partial charge in [0, 0.05) is 12.8 Å². The summed E-state index contributed by atoms with van der Waals surface area (Å²) in [6.45, 7) is 2.15. The average molecular weight is 294 g/mol. The third kappa shape index (κ3) is 3.74. The normalized spacial score (nSPS) is 27.9. The summed E-state index contributed by atoms with van der Waals surface area (Å²) in [4.78, 5) is 0. The summed E-state index contributed by atoms with van der Waals surface area (Å²) in [5.74, 6) is 0.286. The fourth-order valence-electron chi connectivity index (χ4n) is 2.90. The Hall–Kier alpha value is -1.14. The molecule has 1 aliphatic heterocycles. The maximum Gasteiger partial charge on any atom is 0.171 e. The van der Waals surface area contributed by atoms with Crippen molar-refractivity contribution < 1.29 is 24.1 Å². The van der Waals surface area contributed by atoms with E-state index in [2.05, 4.69) is 0 Å². The van der Waals surface area contributed by atoms with E-state index < -0.39 is 11.9 Å². The van der Waals surface area contributed by atoms with Crippen LogP contribution in [0.3, 0.4) is 0 Å². The minimum absolute atomic E-state index is 0.253. The van der Waals surface area contributed by atoms with Crippen molar-refractivity contribution in [3.05, 3.63) is 30.3 Å². The molecule has 21 heavy (non-hydrogen) atoms. The number of benzene rings is 1. The molecule has 1 spiro atoms. The molecule has 1 aliphatic carbocycles. The smallest absolute Gasteiger partial charge is 0.171 e. The van der Waals surface area contributed by atoms with Crippen LogP contribution in [-0.4, -0.2) is 49.5 Å². The molecule has 2 aliphatic rings. The molecule has 5 nitrogen and oxygen atoms in total. The first-order valence-corrected chi connectivity index (χ1v) is 7.53. The molecule has 1 N–H and O–H groups in total. The highest BCUT2D eigenvalue weighted by Gasteiger charge is 2.45.